The SMILES string of the molecule is CC(O)C(=O)N1CCc2cc(-c3cnc4c(c3)C(C(C)C)CN4)cc(C3CCCCN3)c2C1. The minimum Gasteiger partial charge on any atom is -0.384 e. The molecular weight excluding hydrogens is 412 g/mol. The number of benzene rings is 1. The molecule has 1 saturated heterocycles. The zero-order valence-corrected chi connectivity index (χ0v) is 20.0. The molecule has 3 unspecified atom stereocenters. The van der Waals surface area contributed by atoms with Gasteiger partial charge in [-0.3, -0.25) is 4.79 Å². The zero-order chi connectivity index (χ0) is 23.1. The van der Waals surface area contributed by atoms with E-state index in [0.717, 1.165) is 31.7 Å². The fourth-order valence-corrected chi connectivity index (χ4v) is 5.73. The number of fused-ring (bicyclic) bond motifs is 2. The molecule has 1 amide bonds. The number of aliphatic hydroxyl groups excluding tert-OH is 1. The Morgan fingerprint density at radius 1 is 1.15 bits per heavy atom. The number of nitrogens with one attached hydrogen (secondary N) is 2. The van der Waals surface area contributed by atoms with Gasteiger partial charge in [-0.1, -0.05) is 26.3 Å². The standard InChI is InChI=1S/C27H36N4O2/c1-16(2)23-14-30-26-22(23)12-20(13-29-26)19-10-18-7-9-31(27(33)17(3)32)15-24(18)21(11-19)25-6-4-5-8-28-25/h10-13,16-17,23,25,28,32H,4-9,14-15H2,1-3H3,(H,29,30). The van der Waals surface area contributed by atoms with Crippen LogP contribution in [0.2, 0.25) is 0 Å². The maximum Gasteiger partial charge on any atom is 0.251 e. The van der Waals surface area contributed by atoms with E-state index in [2.05, 4.69) is 42.7 Å². The Morgan fingerprint density at radius 3 is 2.70 bits per heavy atom. The summed E-state index contributed by atoms with van der Waals surface area (Å²) in [5.41, 5.74) is 7.61. The molecule has 1 aromatic heterocycles. The van der Waals surface area contributed by atoms with E-state index < -0.39 is 6.10 Å². The van der Waals surface area contributed by atoms with Crippen molar-refractivity contribution >= 4 is 11.7 Å². The van der Waals surface area contributed by atoms with Crippen molar-refractivity contribution < 1.29 is 9.90 Å². The van der Waals surface area contributed by atoms with Crippen molar-refractivity contribution in [1.82, 2.24) is 15.2 Å². The lowest BCUT2D eigenvalue weighted by atomic mass is 9.84. The molecule has 3 N–H and O–H groups in total. The Labute approximate surface area is 196 Å². The highest BCUT2D eigenvalue weighted by Gasteiger charge is 2.30. The Balaban J connectivity index is 1.55. The molecular formula is C27H36N4O2. The first kappa shape index (κ1) is 22.4. The minimum absolute atomic E-state index is 0.178. The van der Waals surface area contributed by atoms with Gasteiger partial charge < -0.3 is 20.6 Å². The molecule has 0 spiro atoms. The molecule has 4 heterocycles. The molecule has 0 aliphatic carbocycles. The van der Waals surface area contributed by atoms with Crippen LogP contribution in [0.4, 0.5) is 5.82 Å². The number of hydrogen-bond acceptors (Lipinski definition) is 5. The van der Waals surface area contributed by atoms with Crippen molar-refractivity contribution in [3.63, 3.8) is 0 Å². The number of rotatable bonds is 4. The number of aromatic nitrogens is 1. The quantitative estimate of drug-likeness (QED) is 0.659. The first-order valence-corrected chi connectivity index (χ1v) is 12.5. The van der Waals surface area contributed by atoms with E-state index in [4.69, 9.17) is 4.98 Å². The Bertz CT molecular complexity index is 1040. The minimum atomic E-state index is -0.956. The van der Waals surface area contributed by atoms with Gasteiger partial charge in [0.15, 0.2) is 0 Å². The van der Waals surface area contributed by atoms with Gasteiger partial charge in [-0.2, -0.15) is 0 Å². The van der Waals surface area contributed by atoms with Crippen LogP contribution in [0, 0.1) is 5.92 Å². The van der Waals surface area contributed by atoms with Crippen LogP contribution >= 0.6 is 0 Å². The largest absolute Gasteiger partial charge is 0.384 e. The molecule has 5 rings (SSSR count). The van der Waals surface area contributed by atoms with Crippen molar-refractivity contribution in [2.75, 3.05) is 25.0 Å². The van der Waals surface area contributed by atoms with Crippen LogP contribution < -0.4 is 10.6 Å². The number of nitrogens with zero attached hydrogens (tertiary/aromatic N) is 2. The van der Waals surface area contributed by atoms with E-state index >= 15 is 0 Å². The molecule has 2 aromatic rings. The van der Waals surface area contributed by atoms with Gasteiger partial charge in [0, 0.05) is 48.9 Å². The number of aliphatic hydroxyl groups is 1. The summed E-state index contributed by atoms with van der Waals surface area (Å²) in [6.07, 6.45) is 5.40. The third-order valence-electron chi connectivity index (χ3n) is 7.68. The molecule has 0 bridgehead atoms. The van der Waals surface area contributed by atoms with Crippen molar-refractivity contribution in [3.8, 4) is 11.1 Å². The van der Waals surface area contributed by atoms with Crippen LogP contribution in [0.3, 0.4) is 0 Å². The fourth-order valence-electron chi connectivity index (χ4n) is 5.73. The third kappa shape index (κ3) is 4.26. The number of carbonyl (C=O) groups excluding carboxylic acids is 1. The van der Waals surface area contributed by atoms with Gasteiger partial charge in [0.25, 0.3) is 5.91 Å². The van der Waals surface area contributed by atoms with Gasteiger partial charge in [-0.25, -0.2) is 4.98 Å². The Morgan fingerprint density at radius 2 is 1.97 bits per heavy atom. The molecule has 0 saturated carbocycles. The molecule has 176 valence electrons. The number of pyridine rings is 1. The van der Waals surface area contributed by atoms with Crippen molar-refractivity contribution in [3.05, 3.63) is 46.6 Å². The molecule has 6 heteroatoms. The highest BCUT2D eigenvalue weighted by molar-refractivity contribution is 5.81. The Kier molecular flexibility index (Phi) is 6.14. The van der Waals surface area contributed by atoms with Gasteiger partial charge in [-0.05, 0) is 73.0 Å². The molecule has 1 fully saturated rings. The second-order valence-electron chi connectivity index (χ2n) is 10.3. The molecule has 3 aliphatic rings. The molecule has 3 aliphatic heterocycles. The van der Waals surface area contributed by atoms with Crippen LogP contribution in [-0.4, -0.2) is 46.6 Å². The maximum atomic E-state index is 12.5. The molecule has 3 atom stereocenters. The summed E-state index contributed by atoms with van der Waals surface area (Å²) in [5, 5.41) is 17.0. The lowest BCUT2D eigenvalue weighted by Crippen LogP contribution is -2.42. The third-order valence-corrected chi connectivity index (χ3v) is 7.68. The predicted octanol–water partition coefficient (Wildman–Crippen LogP) is 3.99. The van der Waals surface area contributed by atoms with Gasteiger partial charge in [0.2, 0.25) is 0 Å². The summed E-state index contributed by atoms with van der Waals surface area (Å²) >= 11 is 0. The topological polar surface area (TPSA) is 77.5 Å². The number of hydrogen-bond donors (Lipinski definition) is 3. The summed E-state index contributed by atoms with van der Waals surface area (Å²) < 4.78 is 0. The highest BCUT2D eigenvalue weighted by Crippen LogP contribution is 2.39. The molecule has 33 heavy (non-hydrogen) atoms. The summed E-state index contributed by atoms with van der Waals surface area (Å²) in [7, 11) is 0. The van der Waals surface area contributed by atoms with Gasteiger partial charge in [0.05, 0.1) is 0 Å². The highest BCUT2D eigenvalue weighted by atomic mass is 16.3. The van der Waals surface area contributed by atoms with E-state index in [1.165, 1.54) is 46.2 Å². The van der Waals surface area contributed by atoms with Crippen molar-refractivity contribution in [2.45, 2.75) is 71.1 Å². The van der Waals surface area contributed by atoms with Crippen molar-refractivity contribution in [2.24, 2.45) is 5.92 Å². The monoisotopic (exact) mass is 448 g/mol. The van der Waals surface area contributed by atoms with Crippen LogP contribution in [0.5, 0.6) is 0 Å². The van der Waals surface area contributed by atoms with Gasteiger partial charge >= 0.3 is 0 Å². The lowest BCUT2D eigenvalue weighted by molar-refractivity contribution is -0.140. The number of carbonyl (C=O) groups is 1. The summed E-state index contributed by atoms with van der Waals surface area (Å²) in [6, 6.07) is 7.27. The molecule has 6 nitrogen and oxygen atoms in total. The Hall–Kier alpha value is -2.44. The first-order chi connectivity index (χ1) is 15.9. The number of anilines is 1. The average Bonchev–Trinajstić information content (AvgIpc) is 3.26. The summed E-state index contributed by atoms with van der Waals surface area (Å²) in [6.45, 7) is 9.33. The van der Waals surface area contributed by atoms with E-state index in [-0.39, 0.29) is 5.91 Å². The molecule has 0 radical (unpaired) electrons. The normalized spacial score (nSPS) is 23.1. The smallest absolute Gasteiger partial charge is 0.251 e. The second kappa shape index (κ2) is 9.07. The zero-order valence-electron chi connectivity index (χ0n) is 20.0. The lowest BCUT2D eigenvalue weighted by Gasteiger charge is -2.34. The van der Waals surface area contributed by atoms with Crippen molar-refractivity contribution in [1.29, 1.82) is 0 Å². The van der Waals surface area contributed by atoms with Crippen LogP contribution in [0.15, 0.2) is 24.4 Å². The summed E-state index contributed by atoms with van der Waals surface area (Å²) in [4.78, 5) is 19.1. The van der Waals surface area contributed by atoms with Gasteiger partial charge in [-0.15, -0.1) is 0 Å². The maximum absolute atomic E-state index is 12.5. The average molecular weight is 449 g/mol. The first-order valence-electron chi connectivity index (χ1n) is 12.5. The number of amides is 1. The predicted molar refractivity (Wildman–Crippen MR) is 131 cm³/mol. The van der Waals surface area contributed by atoms with Crippen LogP contribution in [0.1, 0.15) is 74.2 Å². The van der Waals surface area contributed by atoms with Gasteiger partial charge in [0.1, 0.15) is 11.9 Å². The van der Waals surface area contributed by atoms with E-state index in [1.54, 1.807) is 6.92 Å². The van der Waals surface area contributed by atoms with E-state index in [9.17, 15) is 9.90 Å². The second-order valence-corrected chi connectivity index (χ2v) is 10.3. The fraction of sp³-hybridized carbons (Fsp3) is 0.556. The van der Waals surface area contributed by atoms with Crippen LogP contribution in [0.25, 0.3) is 11.1 Å². The van der Waals surface area contributed by atoms with E-state index in [1.807, 2.05) is 11.1 Å². The number of piperidine rings is 1. The summed E-state index contributed by atoms with van der Waals surface area (Å²) in [5.74, 6) is 1.91. The van der Waals surface area contributed by atoms with Crippen LogP contribution in [-0.2, 0) is 17.8 Å². The van der Waals surface area contributed by atoms with E-state index in [0.29, 0.717) is 31.0 Å². The molecule has 1 aromatic carbocycles.